The molecule has 0 aliphatic carbocycles. The first-order chi connectivity index (χ1) is 15.7. The Morgan fingerprint density at radius 1 is 1.03 bits per heavy atom. The second kappa shape index (κ2) is 8.80. The van der Waals surface area contributed by atoms with Crippen LogP contribution >= 0.6 is 0 Å². The van der Waals surface area contributed by atoms with Crippen molar-refractivity contribution in [3.8, 4) is 34.5 Å². The Kier molecular flexibility index (Phi) is 5.55. The molecule has 2 aromatic heterocycles. The van der Waals surface area contributed by atoms with E-state index in [-0.39, 0.29) is 6.10 Å². The largest absolute Gasteiger partial charge is 0.494 e. The Hall–Kier alpha value is -3.72. The molecule has 0 bridgehead atoms. The molecule has 32 heavy (non-hydrogen) atoms. The number of fused-ring (bicyclic) bond motifs is 1. The van der Waals surface area contributed by atoms with E-state index < -0.39 is 0 Å². The van der Waals surface area contributed by atoms with Gasteiger partial charge in [0, 0.05) is 5.56 Å². The summed E-state index contributed by atoms with van der Waals surface area (Å²) in [4.78, 5) is 4.52. The molecule has 4 aromatic rings. The number of hydrogen-bond donors (Lipinski definition) is 0. The van der Waals surface area contributed by atoms with Crippen LogP contribution in [-0.2, 0) is 17.9 Å². The van der Waals surface area contributed by atoms with Crippen molar-refractivity contribution in [3.05, 3.63) is 59.8 Å². The zero-order valence-corrected chi connectivity index (χ0v) is 17.9. The number of hydrogen-bond acceptors (Lipinski definition) is 8. The molecule has 0 saturated carbocycles. The number of nitrogens with zero attached hydrogens (tertiary/aromatic N) is 5. The van der Waals surface area contributed by atoms with Crippen LogP contribution in [-0.4, -0.2) is 38.3 Å². The van der Waals surface area contributed by atoms with Gasteiger partial charge in [-0.05, 0) is 43.7 Å². The summed E-state index contributed by atoms with van der Waals surface area (Å²) >= 11 is 0. The molecule has 1 atom stereocenters. The fraction of sp³-hybridized carbons (Fsp3) is 0.304. The smallest absolute Gasteiger partial charge is 0.280 e. The Morgan fingerprint density at radius 2 is 1.84 bits per heavy atom. The first-order valence-corrected chi connectivity index (χ1v) is 10.6. The van der Waals surface area contributed by atoms with Crippen molar-refractivity contribution in [1.82, 2.24) is 25.1 Å². The molecule has 9 nitrogen and oxygen atoms in total. The lowest BCUT2D eigenvalue weighted by atomic mass is 10.1. The van der Waals surface area contributed by atoms with Crippen molar-refractivity contribution in [3.63, 3.8) is 0 Å². The first kappa shape index (κ1) is 20.2. The fourth-order valence-electron chi connectivity index (χ4n) is 3.65. The molecule has 2 aromatic carbocycles. The summed E-state index contributed by atoms with van der Waals surface area (Å²) in [5, 5.41) is 12.7. The lowest BCUT2D eigenvalue weighted by Crippen LogP contribution is -2.22. The Balaban J connectivity index is 1.35. The average molecular weight is 433 g/mol. The van der Waals surface area contributed by atoms with Crippen molar-refractivity contribution < 1.29 is 18.7 Å². The summed E-state index contributed by atoms with van der Waals surface area (Å²) in [5.41, 5.74) is 3.21. The summed E-state index contributed by atoms with van der Waals surface area (Å²) < 4.78 is 24.5. The van der Waals surface area contributed by atoms with Gasteiger partial charge in [-0.1, -0.05) is 34.6 Å². The predicted octanol–water partition coefficient (Wildman–Crippen LogP) is 4.06. The van der Waals surface area contributed by atoms with Gasteiger partial charge in [0.25, 0.3) is 5.89 Å². The van der Waals surface area contributed by atoms with Crippen molar-refractivity contribution in [2.75, 3.05) is 13.2 Å². The predicted molar refractivity (Wildman–Crippen MR) is 115 cm³/mol. The molecule has 0 spiro atoms. The minimum absolute atomic E-state index is 0.118. The van der Waals surface area contributed by atoms with Gasteiger partial charge in [0.05, 0.1) is 32.1 Å². The lowest BCUT2D eigenvalue weighted by molar-refractivity contribution is -0.00119. The molecule has 0 N–H and O–H groups in total. The summed E-state index contributed by atoms with van der Waals surface area (Å²) in [7, 11) is 0. The molecule has 164 valence electrons. The van der Waals surface area contributed by atoms with Crippen molar-refractivity contribution in [2.45, 2.75) is 33.1 Å². The average Bonchev–Trinajstić information content (AvgIpc) is 3.47. The Labute approximate surface area is 184 Å². The molecule has 0 amide bonds. The Morgan fingerprint density at radius 3 is 2.66 bits per heavy atom. The normalized spacial score (nSPS) is 15.4. The van der Waals surface area contributed by atoms with Crippen LogP contribution in [0.3, 0.4) is 0 Å². The molecule has 0 radical (unpaired) electrons. The Bertz CT molecular complexity index is 1200. The van der Waals surface area contributed by atoms with Crippen LogP contribution in [0.1, 0.15) is 31.2 Å². The van der Waals surface area contributed by atoms with Gasteiger partial charge in [-0.25, -0.2) is 4.68 Å². The van der Waals surface area contributed by atoms with E-state index >= 15 is 0 Å². The monoisotopic (exact) mass is 433 g/mol. The molecule has 3 heterocycles. The van der Waals surface area contributed by atoms with Crippen molar-refractivity contribution in [2.24, 2.45) is 0 Å². The van der Waals surface area contributed by atoms with E-state index in [1.807, 2.05) is 67.1 Å². The molecule has 1 aliphatic rings. The van der Waals surface area contributed by atoms with E-state index in [4.69, 9.17) is 18.7 Å². The summed E-state index contributed by atoms with van der Waals surface area (Å²) in [5.74, 6) is 2.37. The van der Waals surface area contributed by atoms with Gasteiger partial charge in [0.15, 0.2) is 5.69 Å². The van der Waals surface area contributed by atoms with Gasteiger partial charge in [-0.3, -0.25) is 0 Å². The maximum atomic E-state index is 6.10. The number of rotatable bonds is 7. The van der Waals surface area contributed by atoms with Gasteiger partial charge in [-0.15, -0.1) is 5.10 Å². The van der Waals surface area contributed by atoms with Crippen LogP contribution in [0.25, 0.3) is 23.0 Å². The summed E-state index contributed by atoms with van der Waals surface area (Å²) in [6.45, 7) is 6.03. The highest BCUT2D eigenvalue weighted by molar-refractivity contribution is 5.60. The fourth-order valence-corrected chi connectivity index (χ4v) is 3.65. The van der Waals surface area contributed by atoms with Gasteiger partial charge in [0.2, 0.25) is 5.82 Å². The third-order valence-corrected chi connectivity index (χ3v) is 5.19. The minimum Gasteiger partial charge on any atom is -0.494 e. The second-order valence-corrected chi connectivity index (χ2v) is 7.25. The standard InChI is InChI=1S/C23H23N5O4/c1-3-29-17-10-8-15(9-11-17)20-13-28-19(14-31-20)21(25-27-28)23-24-22(26-32-23)16-6-5-7-18(12-16)30-4-2/h5-12,20H,3-4,13-14H2,1-2H3. The van der Waals surface area contributed by atoms with Crippen LogP contribution in [0.2, 0.25) is 0 Å². The zero-order chi connectivity index (χ0) is 21.9. The first-order valence-electron chi connectivity index (χ1n) is 10.6. The molecular weight excluding hydrogens is 410 g/mol. The second-order valence-electron chi connectivity index (χ2n) is 7.25. The van der Waals surface area contributed by atoms with E-state index in [2.05, 4.69) is 20.5 Å². The van der Waals surface area contributed by atoms with Gasteiger partial charge in [0.1, 0.15) is 17.6 Å². The maximum Gasteiger partial charge on any atom is 0.280 e. The van der Waals surface area contributed by atoms with E-state index in [0.717, 1.165) is 28.3 Å². The van der Waals surface area contributed by atoms with E-state index in [1.165, 1.54) is 0 Å². The summed E-state index contributed by atoms with van der Waals surface area (Å²) in [6, 6.07) is 15.5. The molecule has 1 unspecified atom stereocenters. The van der Waals surface area contributed by atoms with Crippen LogP contribution in [0, 0.1) is 0 Å². The molecule has 1 aliphatic heterocycles. The van der Waals surface area contributed by atoms with Gasteiger partial charge >= 0.3 is 0 Å². The van der Waals surface area contributed by atoms with Crippen molar-refractivity contribution in [1.29, 1.82) is 0 Å². The maximum absolute atomic E-state index is 6.10. The van der Waals surface area contributed by atoms with Gasteiger partial charge in [-0.2, -0.15) is 4.98 Å². The van der Waals surface area contributed by atoms with Gasteiger partial charge < -0.3 is 18.7 Å². The molecular formula is C23H23N5O4. The third-order valence-electron chi connectivity index (χ3n) is 5.19. The highest BCUT2D eigenvalue weighted by Gasteiger charge is 2.28. The van der Waals surface area contributed by atoms with E-state index in [9.17, 15) is 0 Å². The van der Waals surface area contributed by atoms with Crippen LogP contribution in [0.4, 0.5) is 0 Å². The molecule has 0 saturated heterocycles. The number of aromatic nitrogens is 5. The topological polar surface area (TPSA) is 97.3 Å². The zero-order valence-electron chi connectivity index (χ0n) is 17.9. The van der Waals surface area contributed by atoms with Crippen LogP contribution in [0.5, 0.6) is 11.5 Å². The van der Waals surface area contributed by atoms with E-state index in [1.54, 1.807) is 0 Å². The quantitative estimate of drug-likeness (QED) is 0.430. The van der Waals surface area contributed by atoms with Crippen molar-refractivity contribution >= 4 is 0 Å². The lowest BCUT2D eigenvalue weighted by Gasteiger charge is -2.24. The SMILES string of the molecule is CCOc1ccc(C2Cn3nnc(-c4nc(-c5cccc(OCC)c5)no4)c3CO2)cc1. The number of ether oxygens (including phenoxy) is 3. The number of benzene rings is 2. The minimum atomic E-state index is -0.118. The van der Waals surface area contributed by atoms with Crippen LogP contribution < -0.4 is 9.47 Å². The highest BCUT2D eigenvalue weighted by atomic mass is 16.5. The third kappa shape index (κ3) is 3.94. The van der Waals surface area contributed by atoms with E-state index in [0.29, 0.717) is 43.8 Å². The van der Waals surface area contributed by atoms with Crippen LogP contribution in [0.15, 0.2) is 53.1 Å². The molecule has 9 heteroatoms. The highest BCUT2D eigenvalue weighted by Crippen LogP contribution is 2.32. The molecule has 0 fully saturated rings. The molecule has 5 rings (SSSR count). The summed E-state index contributed by atoms with van der Waals surface area (Å²) in [6.07, 6.45) is -0.118.